The molecule has 3 atom stereocenters. The fraction of sp³-hybridized carbons (Fsp3) is 0.526. The van der Waals surface area contributed by atoms with Crippen LogP contribution in [0.15, 0.2) is 28.8 Å². The Morgan fingerprint density at radius 2 is 2.17 bits per heavy atom. The van der Waals surface area contributed by atoms with Crippen LogP contribution in [-0.2, 0) is 16.1 Å². The van der Waals surface area contributed by atoms with E-state index in [0.29, 0.717) is 24.1 Å². The van der Waals surface area contributed by atoms with Crippen molar-refractivity contribution in [3.8, 4) is 11.4 Å². The molecule has 2 bridgehead atoms. The van der Waals surface area contributed by atoms with E-state index in [1.54, 1.807) is 0 Å². The van der Waals surface area contributed by atoms with E-state index < -0.39 is 0 Å². The van der Waals surface area contributed by atoms with Crippen molar-refractivity contribution < 1.29 is 14.1 Å². The molecule has 1 heterocycles. The zero-order valence-electron chi connectivity index (χ0n) is 13.9. The average molecular weight is 326 g/mol. The summed E-state index contributed by atoms with van der Waals surface area (Å²) in [4.78, 5) is 16.4. The van der Waals surface area contributed by atoms with Gasteiger partial charge < -0.3 is 9.26 Å². The Hall–Kier alpha value is -2.17. The molecule has 0 unspecified atom stereocenters. The molecular formula is C19H22N2O3. The van der Waals surface area contributed by atoms with Gasteiger partial charge in [0.2, 0.25) is 5.82 Å². The molecule has 0 radical (unpaired) electrons. The lowest BCUT2D eigenvalue weighted by Crippen LogP contribution is -2.17. The number of aryl methyl sites for hydroxylation is 1. The van der Waals surface area contributed by atoms with E-state index in [1.165, 1.54) is 25.7 Å². The Bertz CT molecular complexity index is 740. The minimum Gasteiger partial charge on any atom is -0.456 e. The van der Waals surface area contributed by atoms with E-state index >= 15 is 0 Å². The summed E-state index contributed by atoms with van der Waals surface area (Å²) in [6, 6.07) is 7.86. The third-order valence-electron chi connectivity index (χ3n) is 5.52. The Labute approximate surface area is 141 Å². The second kappa shape index (κ2) is 6.38. The highest BCUT2D eigenvalue weighted by Crippen LogP contribution is 2.49. The normalized spacial score (nSPS) is 25.1. The van der Waals surface area contributed by atoms with E-state index in [1.807, 2.05) is 31.2 Å². The maximum absolute atomic E-state index is 12.1. The monoisotopic (exact) mass is 326 g/mol. The number of benzene rings is 1. The molecule has 1 aromatic heterocycles. The third kappa shape index (κ3) is 3.07. The molecule has 24 heavy (non-hydrogen) atoms. The smallest absolute Gasteiger partial charge is 0.306 e. The van der Waals surface area contributed by atoms with Crippen LogP contribution < -0.4 is 0 Å². The van der Waals surface area contributed by atoms with Crippen molar-refractivity contribution in [3.63, 3.8) is 0 Å². The van der Waals surface area contributed by atoms with Crippen LogP contribution in [0.25, 0.3) is 11.4 Å². The first-order valence-corrected chi connectivity index (χ1v) is 8.73. The Balaban J connectivity index is 1.32. The Morgan fingerprint density at radius 3 is 2.92 bits per heavy atom. The number of hydrogen-bond acceptors (Lipinski definition) is 5. The van der Waals surface area contributed by atoms with Crippen LogP contribution in [0.3, 0.4) is 0 Å². The molecule has 2 aliphatic rings. The van der Waals surface area contributed by atoms with Crippen molar-refractivity contribution in [2.45, 2.75) is 45.6 Å². The Kier molecular flexibility index (Phi) is 4.08. The third-order valence-corrected chi connectivity index (χ3v) is 5.52. The number of hydrogen-bond donors (Lipinski definition) is 0. The number of esters is 1. The number of fused-ring (bicyclic) bond motifs is 2. The summed E-state index contributed by atoms with van der Waals surface area (Å²) in [6.07, 6.45) is 5.66. The summed E-state index contributed by atoms with van der Waals surface area (Å²) in [7, 11) is 0. The van der Waals surface area contributed by atoms with Crippen LogP contribution in [0, 0.1) is 24.7 Å². The second-order valence-corrected chi connectivity index (χ2v) is 7.13. The summed E-state index contributed by atoms with van der Waals surface area (Å²) in [5.41, 5.74) is 2.01. The summed E-state index contributed by atoms with van der Waals surface area (Å²) < 4.78 is 10.5. The van der Waals surface area contributed by atoms with E-state index in [0.717, 1.165) is 23.0 Å². The number of carbonyl (C=O) groups is 1. The number of carbonyl (C=O) groups excluding carboxylic acids is 1. The van der Waals surface area contributed by atoms with E-state index in [-0.39, 0.29) is 12.6 Å². The topological polar surface area (TPSA) is 65.2 Å². The molecule has 5 heteroatoms. The van der Waals surface area contributed by atoms with Crippen molar-refractivity contribution in [1.29, 1.82) is 0 Å². The van der Waals surface area contributed by atoms with Gasteiger partial charge >= 0.3 is 5.97 Å². The van der Waals surface area contributed by atoms with Crippen molar-refractivity contribution in [3.05, 3.63) is 35.7 Å². The lowest BCUT2D eigenvalue weighted by atomic mass is 9.86. The summed E-state index contributed by atoms with van der Waals surface area (Å²) in [6.45, 7) is 2.05. The standard InChI is InChI=1S/C19H22N2O3/c1-12-4-2-3-5-16(12)19-20-17(24-21-19)11-23-18(22)10-15-9-13-6-7-14(15)8-13/h2-5,13-15H,6-11H2,1H3/t13-,14-,15+/m1/s1. The molecule has 2 aromatic rings. The highest BCUT2D eigenvalue weighted by molar-refractivity contribution is 5.69. The van der Waals surface area contributed by atoms with Gasteiger partial charge in [-0.15, -0.1) is 0 Å². The van der Waals surface area contributed by atoms with Crippen molar-refractivity contribution in [2.24, 2.45) is 17.8 Å². The van der Waals surface area contributed by atoms with E-state index in [9.17, 15) is 4.79 Å². The number of nitrogens with zero attached hydrogens (tertiary/aromatic N) is 2. The molecule has 1 aromatic carbocycles. The van der Waals surface area contributed by atoms with Gasteiger partial charge in [-0.05, 0) is 49.5 Å². The quantitative estimate of drug-likeness (QED) is 0.779. The molecule has 2 fully saturated rings. The lowest BCUT2D eigenvalue weighted by molar-refractivity contribution is -0.147. The fourth-order valence-electron chi connectivity index (χ4n) is 4.29. The van der Waals surface area contributed by atoms with Gasteiger partial charge in [0.15, 0.2) is 6.61 Å². The summed E-state index contributed by atoms with van der Waals surface area (Å²) in [5, 5.41) is 3.98. The van der Waals surface area contributed by atoms with Gasteiger partial charge in [0, 0.05) is 12.0 Å². The number of ether oxygens (including phenoxy) is 1. The van der Waals surface area contributed by atoms with Crippen LogP contribution in [0.2, 0.25) is 0 Å². The van der Waals surface area contributed by atoms with Crippen LogP contribution in [0.5, 0.6) is 0 Å². The van der Waals surface area contributed by atoms with Gasteiger partial charge in [-0.3, -0.25) is 4.79 Å². The molecule has 0 aliphatic heterocycles. The average Bonchev–Trinajstić information content (AvgIpc) is 3.30. The van der Waals surface area contributed by atoms with Crippen molar-refractivity contribution in [1.82, 2.24) is 10.1 Å². The molecule has 5 nitrogen and oxygen atoms in total. The first-order valence-electron chi connectivity index (χ1n) is 8.73. The molecule has 0 N–H and O–H groups in total. The maximum atomic E-state index is 12.1. The maximum Gasteiger partial charge on any atom is 0.306 e. The zero-order chi connectivity index (χ0) is 16.5. The van der Waals surface area contributed by atoms with Crippen molar-refractivity contribution >= 4 is 5.97 Å². The predicted molar refractivity (Wildman–Crippen MR) is 87.8 cm³/mol. The Morgan fingerprint density at radius 1 is 1.29 bits per heavy atom. The molecule has 126 valence electrons. The predicted octanol–water partition coefficient (Wildman–Crippen LogP) is 3.91. The van der Waals surface area contributed by atoms with E-state index in [2.05, 4.69) is 10.1 Å². The van der Waals surface area contributed by atoms with Gasteiger partial charge in [0.25, 0.3) is 5.89 Å². The fourth-order valence-corrected chi connectivity index (χ4v) is 4.29. The molecule has 0 amide bonds. The summed E-state index contributed by atoms with van der Waals surface area (Å²) >= 11 is 0. The van der Waals surface area contributed by atoms with Crippen LogP contribution in [0.1, 0.15) is 43.6 Å². The van der Waals surface area contributed by atoms with Crippen molar-refractivity contribution in [2.75, 3.05) is 0 Å². The van der Waals surface area contributed by atoms with Gasteiger partial charge in [0.05, 0.1) is 0 Å². The zero-order valence-corrected chi connectivity index (χ0v) is 13.9. The minimum atomic E-state index is -0.150. The SMILES string of the molecule is Cc1ccccc1-c1noc(COC(=O)C[C@@H]2C[C@@H]3CC[C@@H]2C3)n1. The van der Waals surface area contributed by atoms with Crippen LogP contribution >= 0.6 is 0 Å². The summed E-state index contributed by atoms with van der Waals surface area (Å²) in [5.74, 6) is 2.82. The minimum absolute atomic E-state index is 0.0541. The van der Waals surface area contributed by atoms with Gasteiger partial charge in [-0.2, -0.15) is 4.98 Å². The molecule has 2 saturated carbocycles. The second-order valence-electron chi connectivity index (χ2n) is 7.13. The molecular weight excluding hydrogens is 304 g/mol. The van der Waals surface area contributed by atoms with Gasteiger partial charge in [0.1, 0.15) is 0 Å². The van der Waals surface area contributed by atoms with E-state index in [4.69, 9.17) is 9.26 Å². The molecule has 0 spiro atoms. The molecule has 0 saturated heterocycles. The molecule has 4 rings (SSSR count). The highest BCUT2D eigenvalue weighted by Gasteiger charge is 2.40. The number of aromatic nitrogens is 2. The highest BCUT2D eigenvalue weighted by atomic mass is 16.6. The molecule has 2 aliphatic carbocycles. The van der Waals surface area contributed by atoms with Gasteiger partial charge in [-0.25, -0.2) is 0 Å². The first-order chi connectivity index (χ1) is 11.7. The first kappa shape index (κ1) is 15.4. The van der Waals surface area contributed by atoms with Crippen LogP contribution in [0.4, 0.5) is 0 Å². The lowest BCUT2D eigenvalue weighted by Gasteiger charge is -2.20. The van der Waals surface area contributed by atoms with Crippen LogP contribution in [-0.4, -0.2) is 16.1 Å². The largest absolute Gasteiger partial charge is 0.456 e. The van der Waals surface area contributed by atoms with Gasteiger partial charge in [-0.1, -0.05) is 35.8 Å². The number of rotatable bonds is 5.